The standard InChI is InChI=1S/C28H26N4/c1-3-31-25-9-5-17(13-21(25)23-15-19(29)7-11-27(23)31)18-6-10-26-22(14-18)24-16-20(30)8-12-28(24)32(26)4-2/h5-16H,3-4,29-30H2,1-2H3. The molecular formula is C28H26N4. The number of benzene rings is 4. The van der Waals surface area contributed by atoms with E-state index in [4.69, 9.17) is 11.5 Å². The minimum Gasteiger partial charge on any atom is -0.399 e. The lowest BCUT2D eigenvalue weighted by molar-refractivity contribution is 0.827. The minimum absolute atomic E-state index is 0.796. The Morgan fingerprint density at radius 3 is 1.22 bits per heavy atom. The Bertz CT molecular complexity index is 1540. The number of fused-ring (bicyclic) bond motifs is 6. The van der Waals surface area contributed by atoms with E-state index < -0.39 is 0 Å². The zero-order valence-electron chi connectivity index (χ0n) is 18.4. The van der Waals surface area contributed by atoms with Crippen LogP contribution in [0.1, 0.15) is 13.8 Å². The highest BCUT2D eigenvalue weighted by atomic mass is 15.0. The molecule has 158 valence electrons. The van der Waals surface area contributed by atoms with Crippen LogP contribution in [-0.2, 0) is 13.1 Å². The predicted molar refractivity (Wildman–Crippen MR) is 138 cm³/mol. The second kappa shape index (κ2) is 6.79. The molecule has 0 fully saturated rings. The van der Waals surface area contributed by atoms with Crippen LogP contribution in [0.4, 0.5) is 11.4 Å². The van der Waals surface area contributed by atoms with Crippen LogP contribution >= 0.6 is 0 Å². The third-order valence-electron chi connectivity index (χ3n) is 6.74. The summed E-state index contributed by atoms with van der Waals surface area (Å²) in [7, 11) is 0. The maximum Gasteiger partial charge on any atom is 0.0492 e. The number of nitrogen functional groups attached to an aromatic ring is 2. The molecule has 0 saturated heterocycles. The molecule has 6 rings (SSSR count). The average molecular weight is 419 g/mol. The molecule has 0 radical (unpaired) electrons. The first-order valence-electron chi connectivity index (χ1n) is 11.2. The van der Waals surface area contributed by atoms with Crippen molar-refractivity contribution in [1.82, 2.24) is 9.13 Å². The molecule has 0 spiro atoms. The zero-order chi connectivity index (χ0) is 22.0. The summed E-state index contributed by atoms with van der Waals surface area (Å²) in [6.07, 6.45) is 0. The van der Waals surface area contributed by atoms with Crippen molar-refractivity contribution in [3.63, 3.8) is 0 Å². The quantitative estimate of drug-likeness (QED) is 0.311. The van der Waals surface area contributed by atoms with E-state index in [2.05, 4.69) is 83.6 Å². The van der Waals surface area contributed by atoms with Gasteiger partial charge in [0.05, 0.1) is 0 Å². The van der Waals surface area contributed by atoms with Crippen LogP contribution in [0.5, 0.6) is 0 Å². The van der Waals surface area contributed by atoms with Crippen LogP contribution in [0.3, 0.4) is 0 Å². The Kier molecular flexibility index (Phi) is 3.99. The van der Waals surface area contributed by atoms with Crippen molar-refractivity contribution in [2.45, 2.75) is 26.9 Å². The van der Waals surface area contributed by atoms with Gasteiger partial charge in [-0.1, -0.05) is 12.1 Å². The van der Waals surface area contributed by atoms with Crippen molar-refractivity contribution in [2.75, 3.05) is 11.5 Å². The fourth-order valence-electron chi connectivity index (χ4n) is 5.28. The SMILES string of the molecule is CCn1c2ccc(N)cc2c2cc(-c3ccc4c(c3)c3cc(N)ccc3n4CC)ccc21. The van der Waals surface area contributed by atoms with E-state index >= 15 is 0 Å². The summed E-state index contributed by atoms with van der Waals surface area (Å²) in [5.41, 5.74) is 21.2. The van der Waals surface area contributed by atoms with Gasteiger partial charge in [0.25, 0.3) is 0 Å². The molecule has 32 heavy (non-hydrogen) atoms. The van der Waals surface area contributed by atoms with Crippen LogP contribution in [-0.4, -0.2) is 9.13 Å². The molecule has 0 saturated carbocycles. The van der Waals surface area contributed by atoms with E-state index in [-0.39, 0.29) is 0 Å². The van der Waals surface area contributed by atoms with E-state index in [1.54, 1.807) is 0 Å². The summed E-state index contributed by atoms with van der Waals surface area (Å²) in [5, 5.41) is 4.90. The molecule has 0 aliphatic carbocycles. The highest BCUT2D eigenvalue weighted by Crippen LogP contribution is 2.37. The molecule has 0 atom stereocenters. The normalized spacial score (nSPS) is 11.9. The highest BCUT2D eigenvalue weighted by Gasteiger charge is 2.14. The maximum atomic E-state index is 6.14. The molecule has 0 aliphatic heterocycles. The Balaban J connectivity index is 1.62. The minimum atomic E-state index is 0.796. The van der Waals surface area contributed by atoms with Gasteiger partial charge in [-0.2, -0.15) is 0 Å². The smallest absolute Gasteiger partial charge is 0.0492 e. The topological polar surface area (TPSA) is 61.9 Å². The van der Waals surface area contributed by atoms with Crippen LogP contribution in [0.2, 0.25) is 0 Å². The van der Waals surface area contributed by atoms with Crippen molar-refractivity contribution < 1.29 is 0 Å². The van der Waals surface area contributed by atoms with E-state index in [0.29, 0.717) is 0 Å². The van der Waals surface area contributed by atoms with Crippen LogP contribution in [0.15, 0.2) is 72.8 Å². The van der Waals surface area contributed by atoms with E-state index in [1.165, 1.54) is 54.7 Å². The first-order valence-corrected chi connectivity index (χ1v) is 11.2. The number of hydrogen-bond donors (Lipinski definition) is 2. The zero-order valence-corrected chi connectivity index (χ0v) is 18.4. The van der Waals surface area contributed by atoms with Crippen molar-refractivity contribution in [3.05, 3.63) is 72.8 Å². The second-order valence-corrected chi connectivity index (χ2v) is 8.51. The molecule has 0 aliphatic rings. The summed E-state index contributed by atoms with van der Waals surface area (Å²) < 4.78 is 4.71. The van der Waals surface area contributed by atoms with Gasteiger partial charge >= 0.3 is 0 Å². The number of anilines is 2. The number of nitrogens with zero attached hydrogens (tertiary/aromatic N) is 2. The van der Waals surface area contributed by atoms with Crippen LogP contribution in [0, 0.1) is 0 Å². The van der Waals surface area contributed by atoms with Crippen molar-refractivity contribution >= 4 is 55.0 Å². The summed E-state index contributed by atoms with van der Waals surface area (Å²) in [6.45, 7) is 6.22. The van der Waals surface area contributed by atoms with Gasteiger partial charge in [0.2, 0.25) is 0 Å². The van der Waals surface area contributed by atoms with Gasteiger partial charge in [-0.3, -0.25) is 0 Å². The Hall–Kier alpha value is -3.92. The first kappa shape index (κ1) is 18.8. The number of aryl methyl sites for hydroxylation is 2. The highest BCUT2D eigenvalue weighted by molar-refractivity contribution is 6.12. The fourth-order valence-corrected chi connectivity index (χ4v) is 5.28. The lowest BCUT2D eigenvalue weighted by Gasteiger charge is -2.06. The number of nitrogens with two attached hydrogens (primary N) is 2. The van der Waals surface area contributed by atoms with E-state index in [0.717, 1.165) is 24.5 Å². The van der Waals surface area contributed by atoms with Gasteiger partial charge in [-0.25, -0.2) is 0 Å². The van der Waals surface area contributed by atoms with E-state index in [9.17, 15) is 0 Å². The van der Waals surface area contributed by atoms with Gasteiger partial charge < -0.3 is 20.6 Å². The summed E-state index contributed by atoms with van der Waals surface area (Å²) in [5.74, 6) is 0. The van der Waals surface area contributed by atoms with Gasteiger partial charge in [0, 0.05) is 68.1 Å². The average Bonchev–Trinajstić information content (AvgIpc) is 3.29. The Labute approximate surface area is 186 Å². The molecule has 4 nitrogen and oxygen atoms in total. The number of hydrogen-bond acceptors (Lipinski definition) is 2. The lowest BCUT2D eigenvalue weighted by Crippen LogP contribution is -1.93. The number of rotatable bonds is 3. The van der Waals surface area contributed by atoms with Gasteiger partial charge in [0.1, 0.15) is 0 Å². The van der Waals surface area contributed by atoms with Gasteiger partial charge in [0.15, 0.2) is 0 Å². The molecule has 2 aromatic heterocycles. The largest absolute Gasteiger partial charge is 0.399 e. The predicted octanol–water partition coefficient (Wildman–Crippen LogP) is 6.77. The molecule has 0 unspecified atom stereocenters. The second-order valence-electron chi connectivity index (χ2n) is 8.51. The molecule has 2 heterocycles. The summed E-state index contributed by atoms with van der Waals surface area (Å²) in [4.78, 5) is 0. The fraction of sp³-hybridized carbons (Fsp3) is 0.143. The molecule has 4 N–H and O–H groups in total. The van der Waals surface area contributed by atoms with Gasteiger partial charge in [-0.05, 0) is 85.6 Å². The number of aromatic nitrogens is 2. The third kappa shape index (κ3) is 2.56. The molecule has 0 bridgehead atoms. The molecule has 4 aromatic carbocycles. The first-order chi connectivity index (χ1) is 15.6. The van der Waals surface area contributed by atoms with Crippen molar-refractivity contribution in [1.29, 1.82) is 0 Å². The maximum absolute atomic E-state index is 6.14. The molecular weight excluding hydrogens is 392 g/mol. The Morgan fingerprint density at radius 1 is 0.500 bits per heavy atom. The summed E-state index contributed by atoms with van der Waals surface area (Å²) in [6, 6.07) is 25.9. The molecule has 0 amide bonds. The van der Waals surface area contributed by atoms with Crippen molar-refractivity contribution in [3.8, 4) is 11.1 Å². The van der Waals surface area contributed by atoms with Crippen LogP contribution in [0.25, 0.3) is 54.7 Å². The monoisotopic (exact) mass is 418 g/mol. The summed E-state index contributed by atoms with van der Waals surface area (Å²) >= 11 is 0. The van der Waals surface area contributed by atoms with Crippen molar-refractivity contribution in [2.24, 2.45) is 0 Å². The molecule has 6 aromatic rings. The van der Waals surface area contributed by atoms with Gasteiger partial charge in [-0.15, -0.1) is 0 Å². The molecule has 4 heteroatoms. The van der Waals surface area contributed by atoms with Crippen LogP contribution < -0.4 is 11.5 Å². The Morgan fingerprint density at radius 2 is 0.844 bits per heavy atom. The third-order valence-corrected chi connectivity index (χ3v) is 6.74. The van der Waals surface area contributed by atoms with E-state index in [1.807, 2.05) is 12.1 Å². The lowest BCUT2D eigenvalue weighted by atomic mass is 10.0.